The summed E-state index contributed by atoms with van der Waals surface area (Å²) in [5.74, 6) is -1.67. The third-order valence-electron chi connectivity index (χ3n) is 3.78. The summed E-state index contributed by atoms with van der Waals surface area (Å²) in [6, 6.07) is 3.99. The maximum atomic E-state index is 13.7. The van der Waals surface area contributed by atoms with Gasteiger partial charge in [0.05, 0.1) is 35.4 Å². The van der Waals surface area contributed by atoms with Gasteiger partial charge in [-0.25, -0.2) is 4.39 Å². The van der Waals surface area contributed by atoms with Crippen molar-refractivity contribution in [3.63, 3.8) is 0 Å². The fourth-order valence-electron chi connectivity index (χ4n) is 2.47. The lowest BCUT2D eigenvalue weighted by Crippen LogP contribution is -2.59. The molecule has 0 saturated carbocycles. The minimum atomic E-state index is -0.720. The number of ether oxygens (including phenoxy) is 1. The third-order valence-corrected chi connectivity index (χ3v) is 4.10. The van der Waals surface area contributed by atoms with Crippen LogP contribution in [0.3, 0.4) is 0 Å². The van der Waals surface area contributed by atoms with Crippen LogP contribution in [0, 0.1) is 5.82 Å². The number of hydrogen-bond donors (Lipinski definition) is 1. The van der Waals surface area contributed by atoms with Gasteiger partial charge in [0.1, 0.15) is 5.82 Å². The van der Waals surface area contributed by atoms with E-state index in [4.69, 9.17) is 16.3 Å². The molecule has 0 radical (unpaired) electrons. The Hall–Kier alpha value is -1.66. The number of hydrogen-bond acceptors (Lipinski definition) is 3. The van der Waals surface area contributed by atoms with Crippen molar-refractivity contribution in [2.45, 2.75) is 32.4 Å². The molecule has 126 valence electrons. The zero-order chi connectivity index (χ0) is 17.2. The molecule has 1 saturated heterocycles. The molecule has 2 rings (SSSR count). The van der Waals surface area contributed by atoms with Crippen LogP contribution in [0.2, 0.25) is 5.02 Å². The summed E-state index contributed by atoms with van der Waals surface area (Å²) < 4.78 is 19.2. The molecule has 1 aromatic carbocycles. The Labute approximate surface area is 139 Å². The Kier molecular flexibility index (Phi) is 5.26. The lowest BCUT2D eigenvalue weighted by Gasteiger charge is -2.44. The number of halogens is 2. The maximum absolute atomic E-state index is 13.7. The highest BCUT2D eigenvalue weighted by molar-refractivity contribution is 6.33. The Balaban J connectivity index is 2.02. The van der Waals surface area contributed by atoms with Gasteiger partial charge in [0.15, 0.2) is 0 Å². The van der Waals surface area contributed by atoms with E-state index in [1.165, 1.54) is 12.1 Å². The van der Waals surface area contributed by atoms with Crippen LogP contribution in [0.15, 0.2) is 18.2 Å². The van der Waals surface area contributed by atoms with Gasteiger partial charge in [0.25, 0.3) is 5.91 Å². The van der Waals surface area contributed by atoms with Crippen LogP contribution in [-0.2, 0) is 9.53 Å². The Morgan fingerprint density at radius 2 is 2.17 bits per heavy atom. The first-order valence-electron chi connectivity index (χ1n) is 7.36. The summed E-state index contributed by atoms with van der Waals surface area (Å²) in [4.78, 5) is 26.1. The summed E-state index contributed by atoms with van der Waals surface area (Å²) in [5.41, 5.74) is -0.708. The normalized spacial score (nSPS) is 20.2. The average molecular weight is 343 g/mol. The summed E-state index contributed by atoms with van der Waals surface area (Å²) in [6.07, 6.45) is -0.0660. The maximum Gasteiger partial charge on any atom is 0.256 e. The van der Waals surface area contributed by atoms with Crippen molar-refractivity contribution in [3.8, 4) is 0 Å². The quantitative estimate of drug-likeness (QED) is 0.916. The highest BCUT2D eigenvalue weighted by atomic mass is 35.5. The molecule has 5 nitrogen and oxygen atoms in total. The van der Waals surface area contributed by atoms with Crippen molar-refractivity contribution >= 4 is 23.4 Å². The zero-order valence-electron chi connectivity index (χ0n) is 13.4. The standard InChI is InChI=1S/C16H20ClFN2O3/c1-10-8-20(16(2,3)9-23-10)13(21)7-19-15(22)14-11(17)5-4-6-12(14)18/h4-6,10H,7-9H2,1-3H3,(H,19,22)/t10-/m1/s1. The van der Waals surface area contributed by atoms with Crippen molar-refractivity contribution < 1.29 is 18.7 Å². The SMILES string of the molecule is C[C@@H]1CN(C(=O)CNC(=O)c2c(F)cccc2Cl)C(C)(C)CO1. The molecule has 1 aromatic rings. The van der Waals surface area contributed by atoms with Gasteiger partial charge < -0.3 is 15.0 Å². The summed E-state index contributed by atoms with van der Waals surface area (Å²) in [7, 11) is 0. The fourth-order valence-corrected chi connectivity index (χ4v) is 2.72. The zero-order valence-corrected chi connectivity index (χ0v) is 14.1. The van der Waals surface area contributed by atoms with Crippen LogP contribution in [0.4, 0.5) is 4.39 Å². The first kappa shape index (κ1) is 17.7. The van der Waals surface area contributed by atoms with E-state index >= 15 is 0 Å². The van der Waals surface area contributed by atoms with Crippen LogP contribution >= 0.6 is 11.6 Å². The van der Waals surface area contributed by atoms with Gasteiger partial charge >= 0.3 is 0 Å². The number of morpholine rings is 1. The number of carbonyl (C=O) groups excluding carboxylic acids is 2. The number of benzene rings is 1. The van der Waals surface area contributed by atoms with Crippen molar-refractivity contribution in [1.82, 2.24) is 10.2 Å². The van der Waals surface area contributed by atoms with Crippen LogP contribution in [-0.4, -0.2) is 48.1 Å². The molecule has 0 bridgehead atoms. The minimum Gasteiger partial charge on any atom is -0.374 e. The molecule has 0 aliphatic carbocycles. The highest BCUT2D eigenvalue weighted by Gasteiger charge is 2.36. The van der Waals surface area contributed by atoms with E-state index in [9.17, 15) is 14.0 Å². The summed E-state index contributed by atoms with van der Waals surface area (Å²) in [5, 5.41) is 2.44. The predicted molar refractivity (Wildman–Crippen MR) is 84.9 cm³/mol. The number of nitrogens with zero attached hydrogens (tertiary/aromatic N) is 1. The minimum absolute atomic E-state index is 0.00951. The summed E-state index contributed by atoms with van der Waals surface area (Å²) in [6.45, 7) is 6.32. The Bertz CT molecular complexity index is 601. The molecule has 7 heteroatoms. The third kappa shape index (κ3) is 4.00. The molecule has 1 atom stereocenters. The first-order valence-corrected chi connectivity index (χ1v) is 7.74. The molecule has 1 aliphatic heterocycles. The average Bonchev–Trinajstić information content (AvgIpc) is 2.47. The Morgan fingerprint density at radius 1 is 1.48 bits per heavy atom. The topological polar surface area (TPSA) is 58.6 Å². The van der Waals surface area contributed by atoms with Crippen LogP contribution < -0.4 is 5.32 Å². The van der Waals surface area contributed by atoms with Crippen molar-refractivity contribution in [2.75, 3.05) is 19.7 Å². The number of nitrogens with one attached hydrogen (secondary N) is 1. The monoisotopic (exact) mass is 342 g/mol. The van der Waals surface area contributed by atoms with Gasteiger partial charge in [-0.1, -0.05) is 17.7 Å². The van der Waals surface area contributed by atoms with E-state index in [2.05, 4.69) is 5.32 Å². The lowest BCUT2D eigenvalue weighted by atomic mass is 10.0. The van der Waals surface area contributed by atoms with E-state index in [0.717, 1.165) is 6.07 Å². The number of rotatable bonds is 3. The molecule has 0 unspecified atom stereocenters. The van der Waals surface area contributed by atoms with Gasteiger partial charge in [-0.2, -0.15) is 0 Å². The number of carbonyl (C=O) groups is 2. The van der Waals surface area contributed by atoms with Crippen LogP contribution in [0.1, 0.15) is 31.1 Å². The van der Waals surface area contributed by atoms with Crippen molar-refractivity contribution in [2.24, 2.45) is 0 Å². The second kappa shape index (κ2) is 6.84. The molecular formula is C16H20ClFN2O3. The smallest absolute Gasteiger partial charge is 0.256 e. The molecule has 23 heavy (non-hydrogen) atoms. The lowest BCUT2D eigenvalue weighted by molar-refractivity contribution is -0.151. The molecule has 1 heterocycles. The van der Waals surface area contributed by atoms with E-state index < -0.39 is 17.3 Å². The van der Waals surface area contributed by atoms with E-state index in [0.29, 0.717) is 13.2 Å². The largest absolute Gasteiger partial charge is 0.374 e. The van der Waals surface area contributed by atoms with Crippen LogP contribution in [0.5, 0.6) is 0 Å². The second-order valence-corrected chi connectivity index (χ2v) is 6.62. The molecular weight excluding hydrogens is 323 g/mol. The van der Waals surface area contributed by atoms with Crippen molar-refractivity contribution in [1.29, 1.82) is 0 Å². The molecule has 0 spiro atoms. The molecule has 2 amide bonds. The van der Waals surface area contributed by atoms with E-state index in [1.54, 1.807) is 4.90 Å². The Morgan fingerprint density at radius 3 is 2.83 bits per heavy atom. The first-order chi connectivity index (χ1) is 10.7. The van der Waals surface area contributed by atoms with Gasteiger partial charge in [-0.05, 0) is 32.9 Å². The predicted octanol–water partition coefficient (Wildman–Crippen LogP) is 2.23. The van der Waals surface area contributed by atoms with Crippen molar-refractivity contribution in [3.05, 3.63) is 34.6 Å². The second-order valence-electron chi connectivity index (χ2n) is 6.22. The molecule has 1 aliphatic rings. The van der Waals surface area contributed by atoms with Gasteiger partial charge in [-0.15, -0.1) is 0 Å². The van der Waals surface area contributed by atoms with E-state index in [-0.39, 0.29) is 29.1 Å². The molecule has 0 aromatic heterocycles. The van der Waals surface area contributed by atoms with Gasteiger partial charge in [-0.3, -0.25) is 9.59 Å². The van der Waals surface area contributed by atoms with Gasteiger partial charge in [0.2, 0.25) is 5.91 Å². The fraction of sp³-hybridized carbons (Fsp3) is 0.500. The van der Waals surface area contributed by atoms with E-state index in [1.807, 2.05) is 20.8 Å². The van der Waals surface area contributed by atoms with Crippen LogP contribution in [0.25, 0.3) is 0 Å². The molecule has 1 fully saturated rings. The van der Waals surface area contributed by atoms with Gasteiger partial charge in [0, 0.05) is 6.54 Å². The number of amides is 2. The summed E-state index contributed by atoms with van der Waals surface area (Å²) >= 11 is 5.84. The molecule has 1 N–H and O–H groups in total. The highest BCUT2D eigenvalue weighted by Crippen LogP contribution is 2.22.